The van der Waals surface area contributed by atoms with Gasteiger partial charge in [0.1, 0.15) is 17.5 Å². The molecule has 5 nitrogen and oxygen atoms in total. The number of halogens is 2. The molecule has 0 aliphatic carbocycles. The minimum atomic E-state index is -0.808. The first kappa shape index (κ1) is 24.6. The maximum atomic E-state index is 10.3. The van der Waals surface area contributed by atoms with Crippen LogP contribution in [0, 0.1) is 0 Å². The summed E-state index contributed by atoms with van der Waals surface area (Å²) >= 11 is 0. The predicted octanol–water partition coefficient (Wildman–Crippen LogP) is 3.24. The number of nitrogens with one attached hydrogen (secondary N) is 1. The van der Waals surface area contributed by atoms with Crippen LogP contribution in [0.25, 0.3) is 0 Å². The maximum absolute atomic E-state index is 10.3. The van der Waals surface area contributed by atoms with Crippen LogP contribution >= 0.6 is 24.8 Å². The van der Waals surface area contributed by atoms with E-state index in [2.05, 4.69) is 43.2 Å². The molecule has 0 spiro atoms. The standard InChI is InChI=1S/C19H26N2O3.2ClH/c1-19(2,3)14-7-5-4-6-13(14)10-20-11-18(24)15-8-9-17(23)16(12-22)21-15;;/h4-9,18,20,22-24H,10-12H2,1-3H3;2*1H. The van der Waals surface area contributed by atoms with Crippen LogP contribution in [-0.2, 0) is 18.6 Å². The first-order valence-electron chi connectivity index (χ1n) is 8.09. The smallest absolute Gasteiger partial charge is 0.139 e. The van der Waals surface area contributed by atoms with Crippen LogP contribution in [0.1, 0.15) is 49.4 Å². The molecule has 0 saturated carbocycles. The van der Waals surface area contributed by atoms with E-state index < -0.39 is 6.10 Å². The first-order chi connectivity index (χ1) is 11.3. The van der Waals surface area contributed by atoms with E-state index in [1.165, 1.54) is 17.2 Å². The summed E-state index contributed by atoms with van der Waals surface area (Å²) in [5, 5.41) is 32.2. The minimum Gasteiger partial charge on any atom is -0.506 e. The molecule has 0 aliphatic heterocycles. The van der Waals surface area contributed by atoms with Gasteiger partial charge < -0.3 is 20.6 Å². The van der Waals surface area contributed by atoms with Crippen LogP contribution in [0.15, 0.2) is 36.4 Å². The number of aliphatic hydroxyl groups excluding tert-OH is 2. The van der Waals surface area contributed by atoms with Gasteiger partial charge in [-0.3, -0.25) is 0 Å². The minimum absolute atomic E-state index is 0. The van der Waals surface area contributed by atoms with Gasteiger partial charge in [-0.1, -0.05) is 45.0 Å². The van der Waals surface area contributed by atoms with Crippen molar-refractivity contribution < 1.29 is 15.3 Å². The highest BCUT2D eigenvalue weighted by molar-refractivity contribution is 5.85. The average Bonchev–Trinajstić information content (AvgIpc) is 2.54. The number of nitrogens with zero attached hydrogens (tertiary/aromatic N) is 1. The van der Waals surface area contributed by atoms with E-state index in [0.717, 1.165) is 0 Å². The summed E-state index contributed by atoms with van der Waals surface area (Å²) in [6, 6.07) is 11.3. The third-order valence-corrected chi connectivity index (χ3v) is 3.94. The van der Waals surface area contributed by atoms with E-state index in [4.69, 9.17) is 5.11 Å². The van der Waals surface area contributed by atoms with Crippen LogP contribution < -0.4 is 5.32 Å². The Morgan fingerprint density at radius 2 is 1.73 bits per heavy atom. The Morgan fingerprint density at radius 3 is 2.35 bits per heavy atom. The normalized spacial score (nSPS) is 12.0. The Bertz CT molecular complexity index is 691. The highest BCUT2D eigenvalue weighted by Gasteiger charge is 2.17. The Morgan fingerprint density at radius 1 is 1.08 bits per heavy atom. The molecule has 0 radical (unpaired) electrons. The fourth-order valence-electron chi connectivity index (χ4n) is 2.67. The van der Waals surface area contributed by atoms with Crippen molar-refractivity contribution in [2.24, 2.45) is 0 Å². The van der Waals surface area contributed by atoms with Crippen LogP contribution in [0.4, 0.5) is 0 Å². The molecule has 1 aromatic heterocycles. The zero-order valence-corrected chi connectivity index (χ0v) is 16.9. The summed E-state index contributed by atoms with van der Waals surface area (Å²) in [4.78, 5) is 4.08. The number of benzene rings is 1. The van der Waals surface area contributed by atoms with Gasteiger partial charge in [0.15, 0.2) is 0 Å². The first-order valence-corrected chi connectivity index (χ1v) is 8.09. The number of aliphatic hydroxyl groups is 2. The summed E-state index contributed by atoms with van der Waals surface area (Å²) in [7, 11) is 0. The van der Waals surface area contributed by atoms with E-state index in [1.54, 1.807) is 6.07 Å². The Kier molecular flexibility index (Phi) is 10.1. The van der Waals surface area contributed by atoms with E-state index in [-0.39, 0.29) is 48.3 Å². The van der Waals surface area contributed by atoms with E-state index in [0.29, 0.717) is 18.8 Å². The van der Waals surface area contributed by atoms with Crippen LogP contribution in [0.3, 0.4) is 0 Å². The van der Waals surface area contributed by atoms with Crippen molar-refractivity contribution in [3.63, 3.8) is 0 Å². The van der Waals surface area contributed by atoms with Gasteiger partial charge in [0.2, 0.25) is 0 Å². The number of rotatable bonds is 6. The molecule has 26 heavy (non-hydrogen) atoms. The van der Waals surface area contributed by atoms with Crippen molar-refractivity contribution in [1.82, 2.24) is 10.3 Å². The molecule has 1 atom stereocenters. The zero-order valence-electron chi connectivity index (χ0n) is 15.3. The van der Waals surface area contributed by atoms with Gasteiger partial charge >= 0.3 is 0 Å². The zero-order chi connectivity index (χ0) is 17.7. The lowest BCUT2D eigenvalue weighted by Crippen LogP contribution is -2.24. The molecule has 1 aromatic carbocycles. The maximum Gasteiger partial charge on any atom is 0.139 e. The lowest BCUT2D eigenvalue weighted by molar-refractivity contribution is 0.168. The molecule has 1 heterocycles. The van der Waals surface area contributed by atoms with Crippen molar-refractivity contribution in [3.8, 4) is 5.75 Å². The van der Waals surface area contributed by atoms with Gasteiger partial charge in [0, 0.05) is 13.1 Å². The van der Waals surface area contributed by atoms with E-state index >= 15 is 0 Å². The number of pyridine rings is 1. The second-order valence-corrected chi connectivity index (χ2v) is 6.91. The molecule has 1 unspecified atom stereocenters. The monoisotopic (exact) mass is 402 g/mol. The van der Waals surface area contributed by atoms with Gasteiger partial charge in [-0.05, 0) is 28.7 Å². The lowest BCUT2D eigenvalue weighted by atomic mass is 9.84. The molecule has 0 bridgehead atoms. The fourth-order valence-corrected chi connectivity index (χ4v) is 2.67. The van der Waals surface area contributed by atoms with Crippen molar-refractivity contribution in [2.45, 2.75) is 45.4 Å². The number of aromatic hydroxyl groups is 1. The summed E-state index contributed by atoms with van der Waals surface area (Å²) in [5.41, 5.74) is 3.13. The summed E-state index contributed by atoms with van der Waals surface area (Å²) in [5.74, 6) is -0.0690. The molecule has 2 aromatic rings. The highest BCUT2D eigenvalue weighted by Crippen LogP contribution is 2.25. The Hall–Kier alpha value is -1.37. The third-order valence-electron chi connectivity index (χ3n) is 3.94. The Balaban J connectivity index is 0.00000312. The molecule has 0 fully saturated rings. The van der Waals surface area contributed by atoms with Crippen molar-refractivity contribution in [3.05, 3.63) is 58.9 Å². The molecule has 0 saturated heterocycles. The molecule has 7 heteroatoms. The second kappa shape index (κ2) is 10.7. The van der Waals surface area contributed by atoms with Gasteiger partial charge in [-0.15, -0.1) is 24.8 Å². The Labute approximate surface area is 167 Å². The second-order valence-electron chi connectivity index (χ2n) is 6.91. The molecular formula is C19H28Cl2N2O3. The summed E-state index contributed by atoms with van der Waals surface area (Å²) in [6.07, 6.45) is -0.808. The van der Waals surface area contributed by atoms with Crippen LogP contribution in [0.2, 0.25) is 0 Å². The quantitative estimate of drug-likeness (QED) is 0.595. The third kappa shape index (κ3) is 6.41. The number of hydrogen-bond donors (Lipinski definition) is 4. The van der Waals surface area contributed by atoms with Gasteiger partial charge in [0.25, 0.3) is 0 Å². The summed E-state index contributed by atoms with van der Waals surface area (Å²) in [6.45, 7) is 7.15. The van der Waals surface area contributed by atoms with Crippen molar-refractivity contribution in [1.29, 1.82) is 0 Å². The number of aromatic nitrogens is 1. The van der Waals surface area contributed by atoms with Crippen LogP contribution in [-0.4, -0.2) is 26.8 Å². The molecule has 0 aliphatic rings. The van der Waals surface area contributed by atoms with Crippen molar-refractivity contribution in [2.75, 3.05) is 6.54 Å². The van der Waals surface area contributed by atoms with E-state index in [1.807, 2.05) is 12.1 Å². The average molecular weight is 403 g/mol. The topological polar surface area (TPSA) is 85.6 Å². The molecule has 4 N–H and O–H groups in total. The predicted molar refractivity (Wildman–Crippen MR) is 108 cm³/mol. The molecular weight excluding hydrogens is 375 g/mol. The van der Waals surface area contributed by atoms with Crippen molar-refractivity contribution >= 4 is 24.8 Å². The van der Waals surface area contributed by atoms with Crippen LogP contribution in [0.5, 0.6) is 5.75 Å². The van der Waals surface area contributed by atoms with E-state index in [9.17, 15) is 10.2 Å². The fraction of sp³-hybridized carbons (Fsp3) is 0.421. The number of hydrogen-bond acceptors (Lipinski definition) is 5. The van der Waals surface area contributed by atoms with Gasteiger partial charge in [-0.25, -0.2) is 4.98 Å². The molecule has 146 valence electrons. The summed E-state index contributed by atoms with van der Waals surface area (Å²) < 4.78 is 0. The highest BCUT2D eigenvalue weighted by atomic mass is 35.5. The molecule has 2 rings (SSSR count). The molecule has 0 amide bonds. The van der Waals surface area contributed by atoms with Gasteiger partial charge in [-0.2, -0.15) is 0 Å². The van der Waals surface area contributed by atoms with Gasteiger partial charge in [0.05, 0.1) is 12.3 Å². The lowest BCUT2D eigenvalue weighted by Gasteiger charge is -2.23. The SMILES string of the molecule is CC(C)(C)c1ccccc1CNCC(O)c1ccc(O)c(CO)n1.Cl.Cl. The largest absolute Gasteiger partial charge is 0.506 e.